The summed E-state index contributed by atoms with van der Waals surface area (Å²) in [6, 6.07) is 13.8. The monoisotopic (exact) mass is 413 g/mol. The van der Waals surface area contributed by atoms with Gasteiger partial charge in [-0.05, 0) is 37.5 Å². The topological polar surface area (TPSA) is 105 Å². The minimum absolute atomic E-state index is 0.325. The van der Waals surface area contributed by atoms with E-state index in [4.69, 9.17) is 4.74 Å². The zero-order chi connectivity index (χ0) is 21.7. The molecule has 156 valence electrons. The molecule has 3 rings (SSSR count). The summed E-state index contributed by atoms with van der Waals surface area (Å²) in [7, 11) is 0. The van der Waals surface area contributed by atoms with Crippen LogP contribution in [0.5, 0.6) is 0 Å². The predicted molar refractivity (Wildman–Crippen MR) is 103 cm³/mol. The molecule has 0 bridgehead atoms. The van der Waals surface area contributed by atoms with Crippen LogP contribution in [0.2, 0.25) is 0 Å². The molecule has 0 unspecified atom stereocenters. The van der Waals surface area contributed by atoms with Gasteiger partial charge in [-0.25, -0.2) is 14.0 Å². The minimum atomic E-state index is -1.19. The van der Waals surface area contributed by atoms with Crippen molar-refractivity contribution >= 4 is 23.8 Å². The molecule has 1 aliphatic rings. The number of urea groups is 1. The number of hydrogen-bond acceptors (Lipinski definition) is 5. The third-order valence-corrected chi connectivity index (χ3v) is 4.68. The average Bonchev–Trinajstić information content (AvgIpc) is 2.95. The van der Waals surface area contributed by atoms with Gasteiger partial charge in [0.05, 0.1) is 5.56 Å². The Balaban J connectivity index is 1.55. The largest absolute Gasteiger partial charge is 0.452 e. The smallest absolute Gasteiger partial charge is 0.344 e. The van der Waals surface area contributed by atoms with Crippen molar-refractivity contribution in [1.29, 1.82) is 0 Å². The van der Waals surface area contributed by atoms with E-state index in [1.54, 1.807) is 6.92 Å². The van der Waals surface area contributed by atoms with Crippen LogP contribution in [0.3, 0.4) is 0 Å². The molecule has 0 spiro atoms. The third kappa shape index (κ3) is 4.62. The number of imide groups is 1. The molecule has 8 nitrogen and oxygen atoms in total. The predicted octanol–water partition coefficient (Wildman–Crippen LogP) is 1.96. The summed E-state index contributed by atoms with van der Waals surface area (Å²) in [6.45, 7) is 0.783. The Morgan fingerprint density at radius 2 is 1.77 bits per heavy atom. The number of benzene rings is 2. The number of hydrazine groups is 1. The molecule has 30 heavy (non-hydrogen) atoms. The third-order valence-electron chi connectivity index (χ3n) is 4.68. The number of esters is 1. The van der Waals surface area contributed by atoms with Crippen molar-refractivity contribution in [2.45, 2.75) is 25.3 Å². The first-order valence-electron chi connectivity index (χ1n) is 9.22. The van der Waals surface area contributed by atoms with Crippen molar-refractivity contribution in [3.8, 4) is 0 Å². The van der Waals surface area contributed by atoms with Crippen LogP contribution < -0.4 is 10.7 Å². The van der Waals surface area contributed by atoms with Crippen molar-refractivity contribution in [3.63, 3.8) is 0 Å². The molecule has 1 atom stereocenters. The van der Waals surface area contributed by atoms with Gasteiger partial charge in [0.1, 0.15) is 11.4 Å². The fourth-order valence-electron chi connectivity index (χ4n) is 2.99. The van der Waals surface area contributed by atoms with E-state index in [1.165, 1.54) is 18.2 Å². The Morgan fingerprint density at radius 1 is 1.10 bits per heavy atom. The maximum absolute atomic E-state index is 13.6. The molecule has 0 radical (unpaired) electrons. The van der Waals surface area contributed by atoms with Crippen LogP contribution in [-0.2, 0) is 20.7 Å². The second kappa shape index (κ2) is 8.73. The Kier molecular flexibility index (Phi) is 6.10. The standard InChI is InChI=1S/C21H20FN3O5/c1-21(12-11-14-7-3-2-4-8-14)19(28)25(20(29)23-21)24-17(26)13-30-18(27)15-9-5-6-10-16(15)22/h2-10H,11-13H2,1H3,(H,23,29)(H,24,26)/t21-/m0/s1. The lowest BCUT2D eigenvalue weighted by molar-refractivity contribution is -0.140. The van der Waals surface area contributed by atoms with E-state index in [0.717, 1.165) is 11.6 Å². The van der Waals surface area contributed by atoms with Crippen molar-refractivity contribution in [1.82, 2.24) is 15.8 Å². The summed E-state index contributed by atoms with van der Waals surface area (Å²) in [5, 5.41) is 3.13. The molecular formula is C21H20FN3O5. The summed E-state index contributed by atoms with van der Waals surface area (Å²) < 4.78 is 18.3. The van der Waals surface area contributed by atoms with Gasteiger partial charge in [0.25, 0.3) is 11.8 Å². The number of halogens is 1. The molecule has 2 N–H and O–H groups in total. The van der Waals surface area contributed by atoms with Crippen LogP contribution in [0, 0.1) is 5.82 Å². The number of hydrogen-bond donors (Lipinski definition) is 2. The first kappa shape index (κ1) is 21.0. The summed E-state index contributed by atoms with van der Waals surface area (Å²) >= 11 is 0. The van der Waals surface area contributed by atoms with Crippen LogP contribution >= 0.6 is 0 Å². The van der Waals surface area contributed by atoms with Crippen molar-refractivity contribution in [2.75, 3.05) is 6.61 Å². The maximum atomic E-state index is 13.6. The lowest BCUT2D eigenvalue weighted by atomic mass is 9.93. The number of rotatable bonds is 7. The van der Waals surface area contributed by atoms with Crippen molar-refractivity contribution < 1.29 is 28.3 Å². The first-order valence-corrected chi connectivity index (χ1v) is 9.22. The normalized spacial score (nSPS) is 18.1. The molecule has 4 amide bonds. The molecule has 0 aromatic heterocycles. The second-order valence-electron chi connectivity index (χ2n) is 6.98. The Morgan fingerprint density at radius 3 is 2.47 bits per heavy atom. The van der Waals surface area contributed by atoms with Crippen LogP contribution in [-0.4, -0.2) is 41.0 Å². The van der Waals surface area contributed by atoms with Gasteiger partial charge in [0.15, 0.2) is 6.61 Å². The molecule has 2 aromatic rings. The highest BCUT2D eigenvalue weighted by Gasteiger charge is 2.48. The number of nitrogens with one attached hydrogen (secondary N) is 2. The lowest BCUT2D eigenvalue weighted by Gasteiger charge is -2.21. The van der Waals surface area contributed by atoms with E-state index in [1.807, 2.05) is 30.3 Å². The van der Waals surface area contributed by atoms with E-state index in [2.05, 4.69) is 10.7 Å². The maximum Gasteiger partial charge on any atom is 0.344 e. The number of nitrogens with zero attached hydrogens (tertiary/aromatic N) is 1. The molecular weight excluding hydrogens is 393 g/mol. The lowest BCUT2D eigenvalue weighted by Crippen LogP contribution is -2.50. The van der Waals surface area contributed by atoms with Gasteiger partial charge < -0.3 is 10.1 Å². The van der Waals surface area contributed by atoms with Gasteiger partial charge in [-0.3, -0.25) is 15.0 Å². The van der Waals surface area contributed by atoms with E-state index in [9.17, 15) is 23.6 Å². The fraction of sp³-hybridized carbons (Fsp3) is 0.238. The quantitative estimate of drug-likeness (QED) is 0.533. The highest BCUT2D eigenvalue weighted by Crippen LogP contribution is 2.22. The molecule has 0 saturated carbocycles. The molecule has 2 aromatic carbocycles. The minimum Gasteiger partial charge on any atom is -0.452 e. The van der Waals surface area contributed by atoms with Gasteiger partial charge in [0, 0.05) is 0 Å². The van der Waals surface area contributed by atoms with Crippen molar-refractivity contribution in [2.24, 2.45) is 0 Å². The molecule has 1 heterocycles. The fourth-order valence-corrected chi connectivity index (χ4v) is 2.99. The van der Waals surface area contributed by atoms with E-state index < -0.39 is 41.8 Å². The second-order valence-corrected chi connectivity index (χ2v) is 6.98. The zero-order valence-corrected chi connectivity index (χ0v) is 16.2. The summed E-state index contributed by atoms with van der Waals surface area (Å²) in [5.41, 5.74) is 1.60. The SMILES string of the molecule is C[C@@]1(CCc2ccccc2)NC(=O)N(NC(=O)COC(=O)c2ccccc2F)C1=O. The number of carbonyl (C=O) groups excluding carboxylic acids is 4. The number of aryl methyl sites for hydroxylation is 1. The molecule has 1 fully saturated rings. The highest BCUT2D eigenvalue weighted by molar-refractivity contribution is 6.07. The molecule has 1 saturated heterocycles. The van der Waals surface area contributed by atoms with Crippen molar-refractivity contribution in [3.05, 3.63) is 71.5 Å². The van der Waals surface area contributed by atoms with Gasteiger partial charge in [-0.15, -0.1) is 0 Å². The van der Waals surface area contributed by atoms with Gasteiger partial charge in [-0.2, -0.15) is 5.01 Å². The van der Waals surface area contributed by atoms with E-state index >= 15 is 0 Å². The van der Waals surface area contributed by atoms with Crippen LogP contribution in [0.15, 0.2) is 54.6 Å². The Labute approximate surface area is 172 Å². The summed E-state index contributed by atoms with van der Waals surface area (Å²) in [5.74, 6) is -3.35. The van der Waals surface area contributed by atoms with E-state index in [0.29, 0.717) is 17.9 Å². The number of carbonyl (C=O) groups is 4. The number of ether oxygens (including phenoxy) is 1. The Bertz CT molecular complexity index is 982. The zero-order valence-electron chi connectivity index (χ0n) is 16.2. The van der Waals surface area contributed by atoms with Crippen LogP contribution in [0.25, 0.3) is 0 Å². The first-order chi connectivity index (χ1) is 14.3. The van der Waals surface area contributed by atoms with Gasteiger partial charge in [0.2, 0.25) is 0 Å². The van der Waals surface area contributed by atoms with Gasteiger partial charge in [-0.1, -0.05) is 42.5 Å². The highest BCUT2D eigenvalue weighted by atomic mass is 19.1. The van der Waals surface area contributed by atoms with Gasteiger partial charge >= 0.3 is 12.0 Å². The molecule has 9 heteroatoms. The average molecular weight is 413 g/mol. The molecule has 1 aliphatic heterocycles. The molecule has 0 aliphatic carbocycles. The van der Waals surface area contributed by atoms with Crippen LogP contribution in [0.1, 0.15) is 29.3 Å². The van der Waals surface area contributed by atoms with E-state index in [-0.39, 0.29) is 5.56 Å². The Hall–Kier alpha value is -3.75. The summed E-state index contributed by atoms with van der Waals surface area (Å²) in [6.07, 6.45) is 0.877. The summed E-state index contributed by atoms with van der Waals surface area (Å²) in [4.78, 5) is 48.7. The number of amides is 4. The van der Waals surface area contributed by atoms with Crippen LogP contribution in [0.4, 0.5) is 9.18 Å².